The number of aromatic nitrogens is 4. The van der Waals surface area contributed by atoms with Crippen molar-refractivity contribution < 1.29 is 0 Å². The first-order valence-corrected chi connectivity index (χ1v) is 9.98. The number of rotatable bonds is 2. The number of hydrogen-bond acceptors (Lipinski definition) is 5. The Bertz CT molecular complexity index is 1080. The van der Waals surface area contributed by atoms with Crippen LogP contribution in [0, 0.1) is 6.92 Å². The molecule has 5 nitrogen and oxygen atoms in total. The normalized spacial score (nSPS) is 17.9. The SMILES string of the molecule is Cc1nc2c3ccccc3nc(N3CCSCC3c3ccccc3)n2n1. The molecule has 2 aromatic heterocycles. The van der Waals surface area contributed by atoms with Gasteiger partial charge in [-0.2, -0.15) is 16.3 Å². The molecule has 2 aromatic carbocycles. The van der Waals surface area contributed by atoms with Gasteiger partial charge >= 0.3 is 0 Å². The van der Waals surface area contributed by atoms with Crippen LogP contribution in [-0.2, 0) is 0 Å². The van der Waals surface area contributed by atoms with Crippen LogP contribution in [0.25, 0.3) is 16.6 Å². The van der Waals surface area contributed by atoms with E-state index in [-0.39, 0.29) is 6.04 Å². The van der Waals surface area contributed by atoms with Crippen LogP contribution in [0.5, 0.6) is 0 Å². The molecule has 5 rings (SSSR count). The molecule has 0 saturated carbocycles. The lowest BCUT2D eigenvalue weighted by Gasteiger charge is -2.36. The van der Waals surface area contributed by atoms with Gasteiger partial charge in [0.1, 0.15) is 5.82 Å². The molecule has 26 heavy (non-hydrogen) atoms. The molecule has 4 aromatic rings. The second-order valence-electron chi connectivity index (χ2n) is 6.52. The van der Waals surface area contributed by atoms with E-state index in [2.05, 4.69) is 57.4 Å². The minimum Gasteiger partial charge on any atom is -0.332 e. The van der Waals surface area contributed by atoms with Crippen molar-refractivity contribution in [2.24, 2.45) is 0 Å². The van der Waals surface area contributed by atoms with E-state index >= 15 is 0 Å². The van der Waals surface area contributed by atoms with Gasteiger partial charge in [0.2, 0.25) is 5.95 Å². The van der Waals surface area contributed by atoms with E-state index in [1.807, 2.05) is 35.3 Å². The lowest BCUT2D eigenvalue weighted by Crippen LogP contribution is -2.38. The Morgan fingerprint density at radius 1 is 1.00 bits per heavy atom. The summed E-state index contributed by atoms with van der Waals surface area (Å²) >= 11 is 2.00. The average Bonchev–Trinajstić information content (AvgIpc) is 3.10. The maximum absolute atomic E-state index is 4.99. The fraction of sp³-hybridized carbons (Fsp3) is 0.250. The largest absolute Gasteiger partial charge is 0.332 e. The molecule has 3 heterocycles. The van der Waals surface area contributed by atoms with E-state index in [0.29, 0.717) is 0 Å². The molecule has 0 amide bonds. The molecule has 1 saturated heterocycles. The Balaban J connectivity index is 1.73. The topological polar surface area (TPSA) is 46.3 Å². The van der Waals surface area contributed by atoms with Gasteiger partial charge in [0, 0.05) is 23.4 Å². The van der Waals surface area contributed by atoms with E-state index in [1.165, 1.54) is 5.56 Å². The first-order valence-electron chi connectivity index (χ1n) is 8.83. The van der Waals surface area contributed by atoms with Gasteiger partial charge in [0.15, 0.2) is 5.65 Å². The Labute approximate surface area is 156 Å². The summed E-state index contributed by atoms with van der Waals surface area (Å²) in [6, 6.07) is 19.1. The molecule has 130 valence electrons. The monoisotopic (exact) mass is 361 g/mol. The molecule has 0 radical (unpaired) electrons. The fourth-order valence-electron chi connectivity index (χ4n) is 3.62. The third kappa shape index (κ3) is 2.52. The van der Waals surface area contributed by atoms with Gasteiger partial charge in [-0.25, -0.2) is 9.97 Å². The highest BCUT2D eigenvalue weighted by Crippen LogP contribution is 2.34. The molecule has 0 aliphatic carbocycles. The third-order valence-electron chi connectivity index (χ3n) is 4.84. The summed E-state index contributed by atoms with van der Waals surface area (Å²) in [6.45, 7) is 2.88. The standard InChI is InChI=1S/C20H19N5S/c1-14-21-19-16-9-5-6-10-17(16)22-20(25(19)23-14)24-11-12-26-13-18(24)15-7-3-2-4-8-15/h2-10,18H,11-13H2,1H3. The van der Waals surface area contributed by atoms with Crippen molar-refractivity contribution in [2.75, 3.05) is 23.0 Å². The summed E-state index contributed by atoms with van der Waals surface area (Å²) in [5.74, 6) is 3.79. The summed E-state index contributed by atoms with van der Waals surface area (Å²) < 4.78 is 1.92. The molecule has 1 aliphatic rings. The lowest BCUT2D eigenvalue weighted by molar-refractivity contribution is 0.651. The number of aryl methyl sites for hydroxylation is 1. The highest BCUT2D eigenvalue weighted by atomic mass is 32.2. The van der Waals surface area contributed by atoms with Crippen LogP contribution in [0.3, 0.4) is 0 Å². The van der Waals surface area contributed by atoms with E-state index in [4.69, 9.17) is 4.98 Å². The molecule has 1 aliphatic heterocycles. The van der Waals surface area contributed by atoms with Crippen molar-refractivity contribution >= 4 is 34.3 Å². The maximum Gasteiger partial charge on any atom is 0.229 e. The second kappa shape index (κ2) is 6.29. The first kappa shape index (κ1) is 15.6. The molecular formula is C20H19N5S. The number of nitrogens with zero attached hydrogens (tertiary/aromatic N) is 5. The predicted molar refractivity (Wildman–Crippen MR) is 107 cm³/mol. The molecular weight excluding hydrogens is 342 g/mol. The first-order chi connectivity index (χ1) is 12.8. The van der Waals surface area contributed by atoms with Crippen molar-refractivity contribution in [3.63, 3.8) is 0 Å². The highest BCUT2D eigenvalue weighted by molar-refractivity contribution is 7.99. The van der Waals surface area contributed by atoms with E-state index in [0.717, 1.165) is 46.4 Å². The number of fused-ring (bicyclic) bond motifs is 3. The molecule has 6 heteroatoms. The smallest absolute Gasteiger partial charge is 0.229 e. The Kier molecular flexibility index (Phi) is 3.78. The van der Waals surface area contributed by atoms with E-state index in [1.54, 1.807) is 0 Å². The van der Waals surface area contributed by atoms with Crippen LogP contribution >= 0.6 is 11.8 Å². The molecule has 0 N–H and O–H groups in total. The van der Waals surface area contributed by atoms with Gasteiger partial charge in [-0.15, -0.1) is 5.10 Å². The zero-order chi connectivity index (χ0) is 17.5. The number of hydrogen-bond donors (Lipinski definition) is 0. The van der Waals surface area contributed by atoms with Crippen molar-refractivity contribution in [1.82, 2.24) is 19.6 Å². The number of thioether (sulfide) groups is 1. The summed E-state index contributed by atoms with van der Waals surface area (Å²) in [5.41, 5.74) is 3.17. The average molecular weight is 361 g/mol. The summed E-state index contributed by atoms with van der Waals surface area (Å²) in [6.07, 6.45) is 0. The van der Waals surface area contributed by atoms with Crippen LogP contribution in [-0.4, -0.2) is 37.6 Å². The van der Waals surface area contributed by atoms with Gasteiger partial charge in [-0.3, -0.25) is 0 Å². The second-order valence-corrected chi connectivity index (χ2v) is 7.67. The fourth-order valence-corrected chi connectivity index (χ4v) is 4.71. The zero-order valence-electron chi connectivity index (χ0n) is 14.5. The van der Waals surface area contributed by atoms with Gasteiger partial charge < -0.3 is 4.90 Å². The Morgan fingerprint density at radius 2 is 1.81 bits per heavy atom. The number of para-hydroxylation sites is 1. The Hall–Kier alpha value is -2.60. The van der Waals surface area contributed by atoms with Crippen LogP contribution < -0.4 is 4.90 Å². The lowest BCUT2D eigenvalue weighted by atomic mass is 10.1. The molecule has 1 unspecified atom stereocenters. The minimum atomic E-state index is 0.288. The molecule has 1 fully saturated rings. The predicted octanol–water partition coefficient (Wildman–Crippen LogP) is 3.88. The highest BCUT2D eigenvalue weighted by Gasteiger charge is 2.28. The summed E-state index contributed by atoms with van der Waals surface area (Å²) in [4.78, 5) is 12.1. The maximum atomic E-state index is 4.99. The molecule has 1 atom stereocenters. The van der Waals surface area contributed by atoms with Crippen molar-refractivity contribution in [3.8, 4) is 0 Å². The molecule has 0 spiro atoms. The number of anilines is 1. The van der Waals surface area contributed by atoms with Gasteiger partial charge in [0.25, 0.3) is 0 Å². The Morgan fingerprint density at radius 3 is 2.69 bits per heavy atom. The van der Waals surface area contributed by atoms with Gasteiger partial charge in [-0.1, -0.05) is 42.5 Å². The van der Waals surface area contributed by atoms with E-state index < -0.39 is 0 Å². The van der Waals surface area contributed by atoms with Crippen LogP contribution in [0.2, 0.25) is 0 Å². The summed E-state index contributed by atoms with van der Waals surface area (Å²) in [5, 5.41) is 5.70. The van der Waals surface area contributed by atoms with Crippen molar-refractivity contribution in [2.45, 2.75) is 13.0 Å². The van der Waals surface area contributed by atoms with Crippen LogP contribution in [0.15, 0.2) is 54.6 Å². The minimum absolute atomic E-state index is 0.288. The van der Waals surface area contributed by atoms with Crippen LogP contribution in [0.4, 0.5) is 5.95 Å². The van der Waals surface area contributed by atoms with Crippen LogP contribution in [0.1, 0.15) is 17.4 Å². The van der Waals surface area contributed by atoms with Gasteiger partial charge in [0.05, 0.1) is 11.6 Å². The quantitative estimate of drug-likeness (QED) is 0.542. The number of benzene rings is 2. The zero-order valence-corrected chi connectivity index (χ0v) is 15.4. The van der Waals surface area contributed by atoms with E-state index in [9.17, 15) is 0 Å². The summed E-state index contributed by atoms with van der Waals surface area (Å²) in [7, 11) is 0. The molecule has 0 bridgehead atoms. The third-order valence-corrected chi connectivity index (χ3v) is 5.86. The van der Waals surface area contributed by atoms with Crippen molar-refractivity contribution in [1.29, 1.82) is 0 Å². The van der Waals surface area contributed by atoms with Gasteiger partial charge in [-0.05, 0) is 24.6 Å². The van der Waals surface area contributed by atoms with Crippen molar-refractivity contribution in [3.05, 3.63) is 66.0 Å².